The van der Waals surface area contributed by atoms with E-state index in [1.54, 1.807) is 17.5 Å². The molecule has 0 aromatic carbocycles. The molecular weight excluding hydrogens is 284 g/mol. The summed E-state index contributed by atoms with van der Waals surface area (Å²) in [6.45, 7) is 0. The smallest absolute Gasteiger partial charge is 0.259 e. The fourth-order valence-electron chi connectivity index (χ4n) is 3.04. The van der Waals surface area contributed by atoms with E-state index in [1.165, 1.54) is 29.7 Å². The molecule has 0 saturated carbocycles. The molecule has 2 N–H and O–H groups in total. The number of aromatic nitrogens is 4. The van der Waals surface area contributed by atoms with Gasteiger partial charge in [0.15, 0.2) is 0 Å². The molecular formula is C15H16N4OS. The molecule has 3 aromatic heterocycles. The Morgan fingerprint density at radius 1 is 1.24 bits per heavy atom. The van der Waals surface area contributed by atoms with Gasteiger partial charge in [-0.1, -0.05) is 6.42 Å². The van der Waals surface area contributed by atoms with Crippen LogP contribution in [0.1, 0.15) is 41.1 Å². The molecule has 1 aliphatic carbocycles. The van der Waals surface area contributed by atoms with Crippen molar-refractivity contribution >= 4 is 21.6 Å². The number of fused-ring (bicyclic) bond motifs is 3. The highest BCUT2D eigenvalue weighted by atomic mass is 32.1. The molecule has 0 atom stereocenters. The molecule has 0 aliphatic heterocycles. The van der Waals surface area contributed by atoms with E-state index in [2.05, 4.69) is 20.2 Å². The number of hydrogen-bond acceptors (Lipinski definition) is 4. The zero-order chi connectivity index (χ0) is 14.2. The predicted molar refractivity (Wildman–Crippen MR) is 82.9 cm³/mol. The topological polar surface area (TPSA) is 74.4 Å². The maximum atomic E-state index is 12.5. The summed E-state index contributed by atoms with van der Waals surface area (Å²) < 4.78 is 0. The first-order valence-electron chi connectivity index (χ1n) is 7.32. The molecule has 0 unspecified atom stereocenters. The zero-order valence-electron chi connectivity index (χ0n) is 11.6. The van der Waals surface area contributed by atoms with Crippen LogP contribution in [0, 0.1) is 0 Å². The van der Waals surface area contributed by atoms with Gasteiger partial charge in [-0.05, 0) is 36.8 Å². The highest BCUT2D eigenvalue weighted by Crippen LogP contribution is 2.32. The summed E-state index contributed by atoms with van der Waals surface area (Å²) in [4.78, 5) is 22.3. The Balaban J connectivity index is 1.82. The summed E-state index contributed by atoms with van der Waals surface area (Å²) in [6.07, 6.45) is 9.95. The first kappa shape index (κ1) is 12.8. The normalized spacial score (nSPS) is 15.0. The average Bonchev–Trinajstić information content (AvgIpc) is 3.02. The molecule has 0 amide bonds. The highest BCUT2D eigenvalue weighted by molar-refractivity contribution is 7.18. The summed E-state index contributed by atoms with van der Waals surface area (Å²) in [5.74, 6) is 0.713. The lowest BCUT2D eigenvalue weighted by atomic mass is 10.1. The number of nitrogens with zero attached hydrogens (tertiary/aromatic N) is 2. The summed E-state index contributed by atoms with van der Waals surface area (Å²) in [5.41, 5.74) is 2.28. The van der Waals surface area contributed by atoms with Crippen molar-refractivity contribution in [2.75, 3.05) is 0 Å². The molecule has 0 spiro atoms. The van der Waals surface area contributed by atoms with Crippen molar-refractivity contribution < 1.29 is 0 Å². The molecule has 0 fully saturated rings. The lowest BCUT2D eigenvalue weighted by Crippen LogP contribution is -2.12. The number of rotatable bonds is 2. The first-order valence-corrected chi connectivity index (χ1v) is 8.14. The van der Waals surface area contributed by atoms with Crippen molar-refractivity contribution in [3.05, 3.63) is 44.6 Å². The second kappa shape index (κ2) is 5.11. The third kappa shape index (κ3) is 2.29. The van der Waals surface area contributed by atoms with Gasteiger partial charge in [-0.25, -0.2) is 4.98 Å². The van der Waals surface area contributed by atoms with Crippen LogP contribution in [0.2, 0.25) is 0 Å². The standard InChI is InChI=1S/C15H16N4OS/c20-14-13-10-4-2-1-3-5-11(10)21-15(13)19-12(18-14)6-9-7-16-17-8-9/h7-8H,1-6H2,(H,16,17)(H,18,19,20). The lowest BCUT2D eigenvalue weighted by molar-refractivity contribution is 0.713. The molecule has 21 heavy (non-hydrogen) atoms. The Morgan fingerprint density at radius 3 is 3.00 bits per heavy atom. The summed E-state index contributed by atoms with van der Waals surface area (Å²) in [6, 6.07) is 0. The molecule has 0 bridgehead atoms. The van der Waals surface area contributed by atoms with Crippen molar-refractivity contribution in [2.45, 2.75) is 38.5 Å². The van der Waals surface area contributed by atoms with Gasteiger partial charge in [-0.3, -0.25) is 9.89 Å². The highest BCUT2D eigenvalue weighted by Gasteiger charge is 2.18. The van der Waals surface area contributed by atoms with E-state index in [1.807, 2.05) is 6.20 Å². The molecule has 1 aliphatic rings. The summed E-state index contributed by atoms with van der Waals surface area (Å²) in [7, 11) is 0. The lowest BCUT2D eigenvalue weighted by Gasteiger charge is -2.00. The largest absolute Gasteiger partial charge is 0.310 e. The number of H-pyrrole nitrogens is 2. The van der Waals surface area contributed by atoms with E-state index in [-0.39, 0.29) is 5.56 Å². The van der Waals surface area contributed by atoms with Crippen LogP contribution in [0.25, 0.3) is 10.2 Å². The molecule has 108 valence electrons. The molecule has 6 heteroatoms. The fraction of sp³-hybridized carbons (Fsp3) is 0.400. The molecule has 4 rings (SSSR count). The van der Waals surface area contributed by atoms with E-state index in [0.29, 0.717) is 12.2 Å². The third-order valence-corrected chi connectivity index (χ3v) is 5.24. The van der Waals surface area contributed by atoms with Crippen LogP contribution in [-0.4, -0.2) is 20.2 Å². The van der Waals surface area contributed by atoms with E-state index in [4.69, 9.17) is 0 Å². The third-order valence-electron chi connectivity index (χ3n) is 4.05. The molecule has 0 radical (unpaired) electrons. The van der Waals surface area contributed by atoms with Gasteiger partial charge < -0.3 is 4.98 Å². The van der Waals surface area contributed by atoms with Gasteiger partial charge in [0.2, 0.25) is 0 Å². The van der Waals surface area contributed by atoms with Gasteiger partial charge in [-0.15, -0.1) is 11.3 Å². The SMILES string of the molecule is O=c1[nH]c(Cc2cn[nH]c2)nc2sc3c(c12)CCCCC3. The van der Waals surface area contributed by atoms with Crippen molar-refractivity contribution in [1.29, 1.82) is 0 Å². The number of nitrogens with one attached hydrogen (secondary N) is 2. The van der Waals surface area contributed by atoms with Gasteiger partial charge >= 0.3 is 0 Å². The number of thiophene rings is 1. The van der Waals surface area contributed by atoms with Crippen LogP contribution in [-0.2, 0) is 19.3 Å². The van der Waals surface area contributed by atoms with Gasteiger partial charge in [-0.2, -0.15) is 5.10 Å². The van der Waals surface area contributed by atoms with Gasteiger partial charge in [0.25, 0.3) is 5.56 Å². The van der Waals surface area contributed by atoms with E-state index >= 15 is 0 Å². The molecule has 5 nitrogen and oxygen atoms in total. The van der Waals surface area contributed by atoms with Crippen molar-refractivity contribution in [2.24, 2.45) is 0 Å². The molecule has 3 heterocycles. The van der Waals surface area contributed by atoms with Crippen molar-refractivity contribution in [1.82, 2.24) is 20.2 Å². The van der Waals surface area contributed by atoms with E-state index in [9.17, 15) is 4.79 Å². The Hall–Kier alpha value is -1.95. The van der Waals surface area contributed by atoms with Crippen LogP contribution in [0.5, 0.6) is 0 Å². The second-order valence-electron chi connectivity index (χ2n) is 5.54. The van der Waals surface area contributed by atoms with Crippen molar-refractivity contribution in [3.8, 4) is 0 Å². The maximum absolute atomic E-state index is 12.5. The Kier molecular flexibility index (Phi) is 3.11. The number of aromatic amines is 2. The predicted octanol–water partition coefficient (Wildman–Crippen LogP) is 2.57. The fourth-order valence-corrected chi connectivity index (χ4v) is 4.32. The van der Waals surface area contributed by atoms with E-state index in [0.717, 1.165) is 28.6 Å². The van der Waals surface area contributed by atoms with Crippen LogP contribution < -0.4 is 5.56 Å². The number of aryl methyl sites for hydroxylation is 2. The minimum Gasteiger partial charge on any atom is -0.310 e. The summed E-state index contributed by atoms with van der Waals surface area (Å²) >= 11 is 1.70. The molecule has 3 aromatic rings. The van der Waals surface area contributed by atoms with Gasteiger partial charge in [0, 0.05) is 17.5 Å². The average molecular weight is 300 g/mol. The zero-order valence-corrected chi connectivity index (χ0v) is 12.4. The minimum absolute atomic E-state index is 0.0119. The number of hydrogen-bond donors (Lipinski definition) is 2. The monoisotopic (exact) mass is 300 g/mol. The van der Waals surface area contributed by atoms with Crippen LogP contribution in [0.4, 0.5) is 0 Å². The van der Waals surface area contributed by atoms with Gasteiger partial charge in [0.05, 0.1) is 11.6 Å². The first-order chi connectivity index (χ1) is 10.3. The second-order valence-corrected chi connectivity index (χ2v) is 6.62. The Labute approximate surface area is 125 Å². The van der Waals surface area contributed by atoms with Crippen LogP contribution in [0.3, 0.4) is 0 Å². The van der Waals surface area contributed by atoms with E-state index < -0.39 is 0 Å². The summed E-state index contributed by atoms with van der Waals surface area (Å²) in [5, 5.41) is 7.53. The maximum Gasteiger partial charge on any atom is 0.259 e. The van der Waals surface area contributed by atoms with Crippen LogP contribution in [0.15, 0.2) is 17.2 Å². The minimum atomic E-state index is 0.0119. The van der Waals surface area contributed by atoms with Gasteiger partial charge in [0.1, 0.15) is 10.7 Å². The van der Waals surface area contributed by atoms with Crippen LogP contribution >= 0.6 is 11.3 Å². The Morgan fingerprint density at radius 2 is 2.14 bits per heavy atom. The quantitative estimate of drug-likeness (QED) is 0.714. The Bertz CT molecular complexity index is 831. The molecule has 0 saturated heterocycles. The van der Waals surface area contributed by atoms with Crippen molar-refractivity contribution in [3.63, 3.8) is 0 Å².